The summed E-state index contributed by atoms with van der Waals surface area (Å²) in [4.78, 5) is 24.0. The third-order valence-corrected chi connectivity index (χ3v) is 4.07. The number of carboxylic acid groups (broad SMARTS) is 1. The Morgan fingerprint density at radius 3 is 2.71 bits per heavy atom. The van der Waals surface area contributed by atoms with Gasteiger partial charge in [0.15, 0.2) is 0 Å². The molecule has 0 saturated carbocycles. The van der Waals surface area contributed by atoms with Gasteiger partial charge in [-0.15, -0.1) is 0 Å². The topological polar surface area (TPSA) is 82.2 Å². The van der Waals surface area contributed by atoms with E-state index in [2.05, 4.69) is 50.5 Å². The van der Waals surface area contributed by atoms with Crippen LogP contribution in [0.25, 0.3) is 10.9 Å². The number of aromatic nitrogens is 1. The Labute approximate surface area is 147 Å². The number of fused-ring (bicyclic) bond motifs is 1. The number of nitrogens with one attached hydrogen (secondary N) is 2. The predicted octanol–water partition coefficient (Wildman–Crippen LogP) is 3.85. The van der Waals surface area contributed by atoms with Gasteiger partial charge < -0.3 is 15.4 Å². The van der Waals surface area contributed by atoms with Crippen molar-refractivity contribution in [1.29, 1.82) is 0 Å². The first kappa shape index (κ1) is 17.9. The highest BCUT2D eigenvalue weighted by molar-refractivity contribution is 9.10. The second-order valence-electron chi connectivity index (χ2n) is 5.05. The molecule has 2 aromatic carbocycles. The van der Waals surface area contributed by atoms with Crippen molar-refractivity contribution >= 4 is 39.1 Å². The van der Waals surface area contributed by atoms with Crippen molar-refractivity contribution < 1.29 is 14.7 Å². The highest BCUT2D eigenvalue weighted by atomic mass is 79.9. The van der Waals surface area contributed by atoms with Crippen molar-refractivity contribution in [2.24, 2.45) is 0 Å². The molecule has 3 N–H and O–H groups in total. The fraction of sp³-hybridized carbons (Fsp3) is 0.111. The van der Waals surface area contributed by atoms with Gasteiger partial charge >= 0.3 is 5.97 Å². The summed E-state index contributed by atoms with van der Waals surface area (Å²) < 4.78 is 0.416. The number of H-pyrrole nitrogens is 1. The summed E-state index contributed by atoms with van der Waals surface area (Å²) in [6.45, 7) is 0.926. The minimum Gasteiger partial charge on any atom is -0.478 e. The van der Waals surface area contributed by atoms with Crippen LogP contribution < -0.4 is 5.32 Å². The van der Waals surface area contributed by atoms with Gasteiger partial charge in [0.1, 0.15) is 6.29 Å². The Kier molecular flexibility index (Phi) is 6.28. The van der Waals surface area contributed by atoms with Crippen LogP contribution in [0.15, 0.2) is 53.1 Å². The first-order valence-corrected chi connectivity index (χ1v) is 8.03. The number of rotatable bonds is 4. The van der Waals surface area contributed by atoms with E-state index >= 15 is 0 Å². The summed E-state index contributed by atoms with van der Waals surface area (Å²) in [6, 6.07) is 12.7. The Morgan fingerprint density at radius 2 is 2.08 bits per heavy atom. The number of halogens is 1. The molecule has 0 spiro atoms. The summed E-state index contributed by atoms with van der Waals surface area (Å²) in [7, 11) is 1.96. The molecule has 0 aliphatic heterocycles. The Hall–Kier alpha value is -2.44. The molecule has 0 amide bonds. The number of carbonyl (C=O) groups is 2. The van der Waals surface area contributed by atoms with Gasteiger partial charge in [0.2, 0.25) is 0 Å². The van der Waals surface area contributed by atoms with Gasteiger partial charge in [0.05, 0.1) is 5.56 Å². The normalized spacial score (nSPS) is 10.1. The number of aldehydes is 1. The zero-order chi connectivity index (χ0) is 17.5. The smallest absolute Gasteiger partial charge is 0.336 e. The number of hydrogen-bond acceptors (Lipinski definition) is 3. The lowest BCUT2D eigenvalue weighted by molar-refractivity contribution is 0.0695. The lowest BCUT2D eigenvalue weighted by atomic mass is 10.1. The molecule has 0 radical (unpaired) electrons. The monoisotopic (exact) mass is 388 g/mol. The zero-order valence-corrected chi connectivity index (χ0v) is 14.6. The number of carbonyl (C=O) groups excluding carboxylic acids is 1. The van der Waals surface area contributed by atoms with E-state index in [0.29, 0.717) is 16.3 Å². The minimum absolute atomic E-state index is 0.153. The first-order valence-electron chi connectivity index (χ1n) is 7.24. The Morgan fingerprint density at radius 1 is 1.29 bits per heavy atom. The molecule has 0 aliphatic rings. The molecule has 24 heavy (non-hydrogen) atoms. The Bertz CT molecular complexity index is 858. The summed E-state index contributed by atoms with van der Waals surface area (Å²) in [6.07, 6.45) is 2.64. The highest BCUT2D eigenvalue weighted by Gasteiger charge is 2.07. The summed E-state index contributed by atoms with van der Waals surface area (Å²) >= 11 is 3.05. The predicted molar refractivity (Wildman–Crippen MR) is 97.6 cm³/mol. The molecule has 0 bridgehead atoms. The van der Waals surface area contributed by atoms with Crippen LogP contribution in [0.1, 0.15) is 26.3 Å². The Balaban J connectivity index is 0.000000174. The summed E-state index contributed by atoms with van der Waals surface area (Å²) in [5.74, 6) is -1.01. The number of aromatic carboxylic acids is 1. The van der Waals surface area contributed by atoms with Gasteiger partial charge in [-0.2, -0.15) is 0 Å². The summed E-state index contributed by atoms with van der Waals surface area (Å²) in [5, 5.41) is 13.1. The van der Waals surface area contributed by atoms with Crippen molar-refractivity contribution in [3.05, 3.63) is 69.8 Å². The molecule has 5 nitrogen and oxygen atoms in total. The van der Waals surface area contributed by atoms with Crippen LogP contribution in [-0.2, 0) is 6.54 Å². The second-order valence-corrected chi connectivity index (χ2v) is 5.90. The van der Waals surface area contributed by atoms with Crippen molar-refractivity contribution in [3.63, 3.8) is 0 Å². The van der Waals surface area contributed by atoms with Gasteiger partial charge in [-0.1, -0.05) is 18.2 Å². The number of benzene rings is 2. The molecule has 0 fully saturated rings. The van der Waals surface area contributed by atoms with Crippen LogP contribution in [0, 0.1) is 0 Å². The maximum atomic E-state index is 10.5. The van der Waals surface area contributed by atoms with E-state index in [9.17, 15) is 9.59 Å². The van der Waals surface area contributed by atoms with Crippen molar-refractivity contribution in [2.75, 3.05) is 7.05 Å². The number of carboxylic acids is 1. The van der Waals surface area contributed by atoms with Gasteiger partial charge in [0.25, 0.3) is 0 Å². The second kappa shape index (κ2) is 8.42. The van der Waals surface area contributed by atoms with Crippen LogP contribution in [0.3, 0.4) is 0 Å². The van der Waals surface area contributed by atoms with E-state index in [1.807, 2.05) is 13.2 Å². The largest absolute Gasteiger partial charge is 0.478 e. The molecule has 1 aromatic heterocycles. The van der Waals surface area contributed by atoms with Crippen LogP contribution in [0.5, 0.6) is 0 Å². The molecule has 6 heteroatoms. The van der Waals surface area contributed by atoms with E-state index in [-0.39, 0.29) is 5.56 Å². The van der Waals surface area contributed by atoms with Gasteiger partial charge in [0, 0.05) is 33.7 Å². The molecular formula is C18H17BrN2O3. The average Bonchev–Trinajstić information content (AvgIpc) is 3.05. The molecule has 0 saturated heterocycles. The third kappa shape index (κ3) is 4.31. The molecule has 0 aliphatic carbocycles. The zero-order valence-electron chi connectivity index (χ0n) is 13.0. The van der Waals surface area contributed by atoms with Crippen LogP contribution >= 0.6 is 15.9 Å². The maximum absolute atomic E-state index is 10.5. The van der Waals surface area contributed by atoms with Gasteiger partial charge in [-0.25, -0.2) is 4.79 Å². The van der Waals surface area contributed by atoms with Gasteiger partial charge in [-0.05, 0) is 52.8 Å². The molecule has 1 heterocycles. The fourth-order valence-electron chi connectivity index (χ4n) is 2.27. The molecule has 3 rings (SSSR count). The number of aromatic amines is 1. The lowest BCUT2D eigenvalue weighted by Crippen LogP contribution is -2.04. The van der Waals surface area contributed by atoms with Crippen LogP contribution in [0.4, 0.5) is 0 Å². The molecule has 0 atom stereocenters. The maximum Gasteiger partial charge on any atom is 0.336 e. The lowest BCUT2D eigenvalue weighted by Gasteiger charge is -2.00. The van der Waals surface area contributed by atoms with Crippen molar-refractivity contribution in [1.82, 2.24) is 10.3 Å². The third-order valence-electron chi connectivity index (χ3n) is 3.41. The van der Waals surface area contributed by atoms with E-state index in [1.165, 1.54) is 34.7 Å². The van der Waals surface area contributed by atoms with E-state index in [4.69, 9.17) is 5.11 Å². The fourth-order valence-corrected chi connectivity index (χ4v) is 2.84. The van der Waals surface area contributed by atoms with E-state index < -0.39 is 5.97 Å². The van der Waals surface area contributed by atoms with E-state index in [0.717, 1.165) is 6.54 Å². The quantitative estimate of drug-likeness (QED) is 0.592. The number of hydrogen-bond donors (Lipinski definition) is 3. The molecule has 3 aromatic rings. The molecule has 0 unspecified atom stereocenters. The SMILES string of the molecule is CNCc1cccc2[nH]ccc12.O=Cc1ccc(C(=O)O)c(Br)c1. The minimum atomic E-state index is -1.01. The van der Waals surface area contributed by atoms with Gasteiger partial charge in [-0.3, -0.25) is 4.79 Å². The van der Waals surface area contributed by atoms with E-state index in [1.54, 1.807) is 0 Å². The van der Waals surface area contributed by atoms with Crippen molar-refractivity contribution in [2.45, 2.75) is 6.54 Å². The molecule has 124 valence electrons. The van der Waals surface area contributed by atoms with Crippen LogP contribution in [0.2, 0.25) is 0 Å². The van der Waals surface area contributed by atoms with Crippen LogP contribution in [-0.4, -0.2) is 29.4 Å². The highest BCUT2D eigenvalue weighted by Crippen LogP contribution is 2.18. The standard InChI is InChI=1S/C10H12N2.C8H5BrO3/c1-11-7-8-3-2-4-10-9(8)5-6-12-10;9-7-3-5(4-10)1-2-6(7)8(11)12/h2-6,11-12H,7H2,1H3;1-4H,(H,11,12). The first-order chi connectivity index (χ1) is 11.6. The summed E-state index contributed by atoms with van der Waals surface area (Å²) in [5.41, 5.74) is 3.16. The molecular weight excluding hydrogens is 372 g/mol. The average molecular weight is 389 g/mol. The van der Waals surface area contributed by atoms with Crippen molar-refractivity contribution in [3.8, 4) is 0 Å².